The lowest BCUT2D eigenvalue weighted by molar-refractivity contribution is 0.0299. The fourth-order valence-electron chi connectivity index (χ4n) is 4.37. The van der Waals surface area contributed by atoms with Gasteiger partial charge in [0.05, 0.1) is 0 Å². The molecule has 110 valence electrons. The van der Waals surface area contributed by atoms with Crippen LogP contribution in [0, 0.1) is 5.92 Å². The first-order valence-corrected chi connectivity index (χ1v) is 8.38. The second-order valence-corrected chi connectivity index (χ2v) is 7.31. The molecule has 3 heteroatoms. The van der Waals surface area contributed by atoms with Crippen molar-refractivity contribution in [2.75, 3.05) is 26.2 Å². The Morgan fingerprint density at radius 3 is 2.74 bits per heavy atom. The molecular formula is C16H31N3. The molecule has 3 heterocycles. The number of piperazine rings is 1. The molecule has 4 atom stereocenters. The zero-order chi connectivity index (χ0) is 13.4. The maximum absolute atomic E-state index is 3.73. The van der Waals surface area contributed by atoms with Gasteiger partial charge in [0.15, 0.2) is 0 Å². The molecule has 1 N–H and O–H groups in total. The van der Waals surface area contributed by atoms with Crippen molar-refractivity contribution in [3.05, 3.63) is 0 Å². The van der Waals surface area contributed by atoms with E-state index in [9.17, 15) is 0 Å². The van der Waals surface area contributed by atoms with Crippen LogP contribution in [0.15, 0.2) is 0 Å². The van der Waals surface area contributed by atoms with Crippen molar-refractivity contribution in [2.45, 2.75) is 70.6 Å². The van der Waals surface area contributed by atoms with E-state index in [-0.39, 0.29) is 0 Å². The van der Waals surface area contributed by atoms with Crippen LogP contribution in [0.4, 0.5) is 0 Å². The largest absolute Gasteiger partial charge is 0.311 e. The topological polar surface area (TPSA) is 18.5 Å². The van der Waals surface area contributed by atoms with Gasteiger partial charge in [0.1, 0.15) is 0 Å². The Bertz CT molecular complexity index is 304. The summed E-state index contributed by atoms with van der Waals surface area (Å²) in [5.41, 5.74) is 0. The van der Waals surface area contributed by atoms with Gasteiger partial charge in [0, 0.05) is 37.3 Å². The molecule has 3 nitrogen and oxygen atoms in total. The Morgan fingerprint density at radius 2 is 1.95 bits per heavy atom. The maximum atomic E-state index is 3.73. The first kappa shape index (κ1) is 13.8. The van der Waals surface area contributed by atoms with E-state index < -0.39 is 0 Å². The molecule has 0 saturated carbocycles. The van der Waals surface area contributed by atoms with Crippen molar-refractivity contribution < 1.29 is 0 Å². The Kier molecular flexibility index (Phi) is 4.16. The van der Waals surface area contributed by atoms with Crippen molar-refractivity contribution >= 4 is 0 Å². The highest BCUT2D eigenvalue weighted by Gasteiger charge is 2.37. The minimum atomic E-state index is 0.692. The summed E-state index contributed by atoms with van der Waals surface area (Å²) in [6.45, 7) is 12.3. The molecule has 3 aliphatic rings. The lowest BCUT2D eigenvalue weighted by Crippen LogP contribution is -2.61. The number of hydrogen-bond acceptors (Lipinski definition) is 3. The average Bonchev–Trinajstić information content (AvgIpc) is 2.86. The molecule has 3 saturated heterocycles. The smallest absolute Gasteiger partial charge is 0.0218 e. The summed E-state index contributed by atoms with van der Waals surface area (Å²) in [5, 5.41) is 3.73. The van der Waals surface area contributed by atoms with Gasteiger partial charge in [-0.1, -0.05) is 13.8 Å². The SMILES string of the molecule is CC(C)C1CN(C2CCN3CCCC3C2)C(C)CN1. The molecule has 0 aromatic heterocycles. The lowest BCUT2D eigenvalue weighted by atomic mass is 9.92. The zero-order valence-electron chi connectivity index (χ0n) is 12.9. The first-order valence-electron chi connectivity index (χ1n) is 8.38. The van der Waals surface area contributed by atoms with Crippen molar-refractivity contribution in [2.24, 2.45) is 5.92 Å². The summed E-state index contributed by atoms with van der Waals surface area (Å²) in [6, 6.07) is 3.15. The quantitative estimate of drug-likeness (QED) is 0.823. The van der Waals surface area contributed by atoms with E-state index in [1.807, 2.05) is 0 Å². The number of nitrogens with zero attached hydrogens (tertiary/aromatic N) is 2. The van der Waals surface area contributed by atoms with Crippen LogP contribution in [0.5, 0.6) is 0 Å². The van der Waals surface area contributed by atoms with Crippen LogP contribution in [-0.4, -0.2) is 60.1 Å². The van der Waals surface area contributed by atoms with Gasteiger partial charge in [-0.15, -0.1) is 0 Å². The highest BCUT2D eigenvalue weighted by atomic mass is 15.3. The van der Waals surface area contributed by atoms with Crippen LogP contribution in [0.25, 0.3) is 0 Å². The molecule has 0 aromatic rings. The van der Waals surface area contributed by atoms with Crippen LogP contribution < -0.4 is 5.32 Å². The molecular weight excluding hydrogens is 234 g/mol. The van der Waals surface area contributed by atoms with E-state index >= 15 is 0 Å². The Balaban J connectivity index is 1.63. The van der Waals surface area contributed by atoms with Gasteiger partial charge in [-0.05, 0) is 51.6 Å². The molecule has 3 rings (SSSR count). The van der Waals surface area contributed by atoms with E-state index in [1.165, 1.54) is 51.9 Å². The minimum absolute atomic E-state index is 0.692. The normalized spacial score (nSPS) is 41.7. The standard InChI is InChI=1S/C16H31N3/c1-12(2)16-11-19(13(3)10-17-16)15-6-8-18-7-4-5-14(18)9-15/h12-17H,4-11H2,1-3H3. The van der Waals surface area contributed by atoms with Gasteiger partial charge in [0.2, 0.25) is 0 Å². The minimum Gasteiger partial charge on any atom is -0.311 e. The number of rotatable bonds is 2. The second kappa shape index (κ2) is 5.71. The molecule has 0 aromatic carbocycles. The summed E-state index contributed by atoms with van der Waals surface area (Å²) >= 11 is 0. The number of nitrogens with one attached hydrogen (secondary N) is 1. The fraction of sp³-hybridized carbons (Fsp3) is 1.00. The highest BCUT2D eigenvalue weighted by Crippen LogP contribution is 2.31. The predicted octanol–water partition coefficient (Wildman–Crippen LogP) is 1.93. The molecule has 0 bridgehead atoms. The van der Waals surface area contributed by atoms with E-state index in [2.05, 4.69) is 35.9 Å². The van der Waals surface area contributed by atoms with Crippen LogP contribution in [0.3, 0.4) is 0 Å². The molecule has 0 amide bonds. The molecule has 0 spiro atoms. The van der Waals surface area contributed by atoms with Gasteiger partial charge in [0.25, 0.3) is 0 Å². The van der Waals surface area contributed by atoms with Gasteiger partial charge in [-0.3, -0.25) is 4.90 Å². The summed E-state index contributed by atoms with van der Waals surface area (Å²) in [6.07, 6.45) is 5.70. The van der Waals surface area contributed by atoms with Crippen LogP contribution in [0.1, 0.15) is 46.5 Å². The monoisotopic (exact) mass is 265 g/mol. The first-order chi connectivity index (χ1) is 9.15. The Hall–Kier alpha value is -0.120. The average molecular weight is 265 g/mol. The van der Waals surface area contributed by atoms with Gasteiger partial charge in [-0.25, -0.2) is 0 Å². The van der Waals surface area contributed by atoms with E-state index in [4.69, 9.17) is 0 Å². The molecule has 3 aliphatic heterocycles. The van der Waals surface area contributed by atoms with Crippen molar-refractivity contribution in [3.63, 3.8) is 0 Å². The number of fused-ring (bicyclic) bond motifs is 1. The van der Waals surface area contributed by atoms with Crippen molar-refractivity contribution in [1.82, 2.24) is 15.1 Å². The fourth-order valence-corrected chi connectivity index (χ4v) is 4.37. The summed E-state index contributed by atoms with van der Waals surface area (Å²) < 4.78 is 0. The lowest BCUT2D eigenvalue weighted by Gasteiger charge is -2.48. The van der Waals surface area contributed by atoms with Crippen LogP contribution in [-0.2, 0) is 0 Å². The van der Waals surface area contributed by atoms with Crippen LogP contribution in [0.2, 0.25) is 0 Å². The van der Waals surface area contributed by atoms with E-state index in [0.29, 0.717) is 12.1 Å². The van der Waals surface area contributed by atoms with Gasteiger partial charge in [-0.2, -0.15) is 0 Å². The summed E-state index contributed by atoms with van der Waals surface area (Å²) in [5.74, 6) is 0.751. The second-order valence-electron chi connectivity index (χ2n) is 7.31. The predicted molar refractivity (Wildman–Crippen MR) is 80.4 cm³/mol. The molecule has 19 heavy (non-hydrogen) atoms. The number of hydrogen-bond donors (Lipinski definition) is 1. The molecule has 4 unspecified atom stereocenters. The zero-order valence-corrected chi connectivity index (χ0v) is 12.9. The third-order valence-corrected chi connectivity index (χ3v) is 5.72. The Labute approximate surface area is 118 Å². The highest BCUT2D eigenvalue weighted by molar-refractivity contribution is 4.95. The molecule has 3 fully saturated rings. The summed E-state index contributed by atoms with van der Waals surface area (Å²) in [4.78, 5) is 5.57. The maximum Gasteiger partial charge on any atom is 0.0218 e. The third-order valence-electron chi connectivity index (χ3n) is 5.72. The van der Waals surface area contributed by atoms with Crippen LogP contribution >= 0.6 is 0 Å². The van der Waals surface area contributed by atoms with Crippen molar-refractivity contribution in [1.29, 1.82) is 0 Å². The molecule has 0 radical (unpaired) electrons. The van der Waals surface area contributed by atoms with Gasteiger partial charge < -0.3 is 10.2 Å². The van der Waals surface area contributed by atoms with Crippen molar-refractivity contribution in [3.8, 4) is 0 Å². The van der Waals surface area contributed by atoms with Gasteiger partial charge >= 0.3 is 0 Å². The summed E-state index contributed by atoms with van der Waals surface area (Å²) in [7, 11) is 0. The Morgan fingerprint density at radius 1 is 1.11 bits per heavy atom. The van der Waals surface area contributed by atoms with E-state index in [1.54, 1.807) is 0 Å². The number of piperidine rings is 1. The third kappa shape index (κ3) is 2.84. The molecule has 0 aliphatic carbocycles. The van der Waals surface area contributed by atoms with E-state index in [0.717, 1.165) is 18.0 Å².